The molecular weight excluding hydrogens is 291 g/mol. The molecule has 0 aliphatic heterocycles. The number of carbonyl (C=O) groups excluding carboxylic acids is 1. The summed E-state index contributed by atoms with van der Waals surface area (Å²) in [4.78, 5) is 12.8. The molecule has 0 unspecified atom stereocenters. The monoisotopic (exact) mass is 306 g/mol. The Balaban J connectivity index is 1.82. The van der Waals surface area contributed by atoms with Crippen LogP contribution in [0, 0.1) is 5.82 Å². The summed E-state index contributed by atoms with van der Waals surface area (Å²) < 4.78 is 17.2. The maximum Gasteiger partial charge on any atom is 0.269 e. The Morgan fingerprint density at radius 2 is 2.24 bits per heavy atom. The van der Waals surface area contributed by atoms with Gasteiger partial charge in [0.05, 0.1) is 17.1 Å². The lowest BCUT2D eigenvalue weighted by Crippen LogP contribution is -2.14. The number of benzene rings is 1. The number of rotatable bonds is 5. The van der Waals surface area contributed by atoms with E-state index in [1.807, 2.05) is 6.92 Å². The largest absolute Gasteiger partial charge is 0.381 e. The Hall–Kier alpha value is -2.02. The van der Waals surface area contributed by atoms with E-state index in [1.54, 1.807) is 6.07 Å². The van der Waals surface area contributed by atoms with Crippen molar-refractivity contribution in [2.45, 2.75) is 32.2 Å². The van der Waals surface area contributed by atoms with Crippen LogP contribution in [0.4, 0.5) is 15.8 Å². The number of amides is 1. The predicted molar refractivity (Wildman–Crippen MR) is 80.3 cm³/mol. The van der Waals surface area contributed by atoms with E-state index in [4.69, 9.17) is 0 Å². The van der Waals surface area contributed by atoms with Gasteiger partial charge in [-0.3, -0.25) is 4.79 Å². The Kier molecular flexibility index (Phi) is 3.83. The van der Waals surface area contributed by atoms with Crippen molar-refractivity contribution in [2.24, 2.45) is 0 Å². The van der Waals surface area contributed by atoms with E-state index in [0.29, 0.717) is 34.4 Å². The fourth-order valence-corrected chi connectivity index (χ4v) is 2.63. The van der Waals surface area contributed by atoms with Crippen LogP contribution in [0.15, 0.2) is 18.2 Å². The van der Waals surface area contributed by atoms with Crippen molar-refractivity contribution in [3.8, 4) is 0 Å². The minimum Gasteiger partial charge on any atom is -0.381 e. The number of nitrogens with zero attached hydrogens (tertiary/aromatic N) is 2. The first-order valence-electron chi connectivity index (χ1n) is 6.86. The number of nitrogens with one attached hydrogen (secondary N) is 2. The third-order valence-corrected chi connectivity index (χ3v) is 4.03. The van der Waals surface area contributed by atoms with E-state index in [0.717, 1.165) is 24.4 Å². The number of aromatic nitrogens is 2. The molecule has 0 spiro atoms. The molecule has 2 N–H and O–H groups in total. The third kappa shape index (κ3) is 3.18. The van der Waals surface area contributed by atoms with Crippen molar-refractivity contribution >= 4 is 28.8 Å². The number of carbonyl (C=O) groups is 1. The first-order valence-corrected chi connectivity index (χ1v) is 7.63. The molecule has 0 radical (unpaired) electrons. The number of anilines is 2. The normalized spacial score (nSPS) is 14.0. The zero-order valence-electron chi connectivity index (χ0n) is 11.5. The highest BCUT2D eigenvalue weighted by Gasteiger charge is 2.23. The van der Waals surface area contributed by atoms with Gasteiger partial charge in [0.1, 0.15) is 10.7 Å². The van der Waals surface area contributed by atoms with Crippen LogP contribution in [0.3, 0.4) is 0 Å². The van der Waals surface area contributed by atoms with Crippen molar-refractivity contribution in [3.63, 3.8) is 0 Å². The standard InChI is InChI=1S/C14H15FN4OS/c1-2-10-13(21-19-18-10)14(20)17-11-6-3-8(15)7-12(11)16-9-4-5-9/h3,6-7,9,16H,2,4-5H2,1H3,(H,17,20). The Morgan fingerprint density at radius 3 is 2.95 bits per heavy atom. The molecule has 5 nitrogen and oxygen atoms in total. The van der Waals surface area contributed by atoms with Gasteiger partial charge in [-0.15, -0.1) is 5.10 Å². The van der Waals surface area contributed by atoms with Crippen LogP contribution >= 0.6 is 11.5 Å². The van der Waals surface area contributed by atoms with Gasteiger partial charge >= 0.3 is 0 Å². The van der Waals surface area contributed by atoms with Crippen molar-refractivity contribution in [1.82, 2.24) is 9.59 Å². The summed E-state index contributed by atoms with van der Waals surface area (Å²) in [5, 5.41) is 9.96. The van der Waals surface area contributed by atoms with Crippen LogP contribution in [-0.4, -0.2) is 21.5 Å². The van der Waals surface area contributed by atoms with Crippen LogP contribution < -0.4 is 10.6 Å². The van der Waals surface area contributed by atoms with Gasteiger partial charge in [-0.1, -0.05) is 11.4 Å². The second-order valence-corrected chi connectivity index (χ2v) is 5.72. The molecule has 1 aliphatic rings. The first kappa shape index (κ1) is 13.9. The second-order valence-electron chi connectivity index (χ2n) is 4.96. The lowest BCUT2D eigenvalue weighted by atomic mass is 10.2. The molecule has 1 aromatic carbocycles. The molecule has 2 aromatic rings. The summed E-state index contributed by atoms with van der Waals surface area (Å²) in [6.07, 6.45) is 2.79. The SMILES string of the molecule is CCc1nnsc1C(=O)Nc1ccc(F)cc1NC1CC1. The Labute approximate surface area is 125 Å². The highest BCUT2D eigenvalue weighted by Crippen LogP contribution is 2.30. The van der Waals surface area contributed by atoms with Crippen LogP contribution in [0.2, 0.25) is 0 Å². The number of halogens is 1. The van der Waals surface area contributed by atoms with Crippen molar-refractivity contribution in [3.05, 3.63) is 34.6 Å². The average Bonchev–Trinajstić information content (AvgIpc) is 3.15. The van der Waals surface area contributed by atoms with E-state index < -0.39 is 0 Å². The van der Waals surface area contributed by atoms with Gasteiger partial charge in [0, 0.05) is 6.04 Å². The molecule has 0 saturated heterocycles. The third-order valence-electron chi connectivity index (χ3n) is 3.26. The smallest absolute Gasteiger partial charge is 0.269 e. The van der Waals surface area contributed by atoms with Gasteiger partial charge in [-0.2, -0.15) is 0 Å². The second kappa shape index (κ2) is 5.77. The highest BCUT2D eigenvalue weighted by atomic mass is 32.1. The molecule has 0 bridgehead atoms. The molecule has 1 heterocycles. The summed E-state index contributed by atoms with van der Waals surface area (Å²) in [7, 11) is 0. The van der Waals surface area contributed by atoms with E-state index in [1.165, 1.54) is 12.1 Å². The van der Waals surface area contributed by atoms with Crippen LogP contribution in [0.25, 0.3) is 0 Å². The molecule has 7 heteroatoms. The molecule has 3 rings (SSSR count). The maximum absolute atomic E-state index is 13.4. The summed E-state index contributed by atoms with van der Waals surface area (Å²) in [5.74, 6) is -0.586. The van der Waals surface area contributed by atoms with E-state index in [-0.39, 0.29) is 11.7 Å². The minimum absolute atomic E-state index is 0.257. The summed E-state index contributed by atoms with van der Waals surface area (Å²) >= 11 is 1.07. The molecule has 1 saturated carbocycles. The fraction of sp³-hybridized carbons (Fsp3) is 0.357. The molecule has 21 heavy (non-hydrogen) atoms. The molecule has 110 valence electrons. The van der Waals surface area contributed by atoms with E-state index in [9.17, 15) is 9.18 Å². The quantitative estimate of drug-likeness (QED) is 0.891. The van der Waals surface area contributed by atoms with Gasteiger partial charge in [-0.05, 0) is 49.0 Å². The van der Waals surface area contributed by atoms with Crippen LogP contribution in [0.1, 0.15) is 35.1 Å². The van der Waals surface area contributed by atoms with E-state index >= 15 is 0 Å². The van der Waals surface area contributed by atoms with Crippen molar-refractivity contribution in [1.29, 1.82) is 0 Å². The molecule has 1 aromatic heterocycles. The van der Waals surface area contributed by atoms with Crippen molar-refractivity contribution < 1.29 is 9.18 Å². The molecule has 1 fully saturated rings. The first-order chi connectivity index (χ1) is 10.2. The van der Waals surface area contributed by atoms with Gasteiger partial charge in [0.25, 0.3) is 5.91 Å². The highest BCUT2D eigenvalue weighted by molar-refractivity contribution is 7.08. The zero-order valence-corrected chi connectivity index (χ0v) is 12.3. The van der Waals surface area contributed by atoms with Gasteiger partial charge in [0.2, 0.25) is 0 Å². The average molecular weight is 306 g/mol. The Bertz CT molecular complexity index is 669. The number of hydrogen-bond donors (Lipinski definition) is 2. The predicted octanol–water partition coefficient (Wildman–Crippen LogP) is 3.07. The zero-order chi connectivity index (χ0) is 14.8. The maximum atomic E-state index is 13.4. The summed E-state index contributed by atoms with van der Waals surface area (Å²) in [5.41, 5.74) is 1.86. The lowest BCUT2D eigenvalue weighted by Gasteiger charge is -2.12. The van der Waals surface area contributed by atoms with Crippen LogP contribution in [0.5, 0.6) is 0 Å². The van der Waals surface area contributed by atoms with E-state index in [2.05, 4.69) is 20.2 Å². The molecular formula is C14H15FN4OS. The topological polar surface area (TPSA) is 66.9 Å². The minimum atomic E-state index is -0.329. The summed E-state index contributed by atoms with van der Waals surface area (Å²) in [6.45, 7) is 1.92. The van der Waals surface area contributed by atoms with Crippen molar-refractivity contribution in [2.75, 3.05) is 10.6 Å². The number of hydrogen-bond acceptors (Lipinski definition) is 5. The van der Waals surface area contributed by atoms with Gasteiger partial charge in [-0.25, -0.2) is 4.39 Å². The van der Waals surface area contributed by atoms with Gasteiger partial charge in [0.15, 0.2) is 0 Å². The Morgan fingerprint density at radius 1 is 1.43 bits per heavy atom. The molecule has 1 aliphatic carbocycles. The fourth-order valence-electron chi connectivity index (χ4n) is 1.98. The van der Waals surface area contributed by atoms with Crippen LogP contribution in [-0.2, 0) is 6.42 Å². The summed E-state index contributed by atoms with van der Waals surface area (Å²) in [6, 6.07) is 4.68. The number of aryl methyl sites for hydroxylation is 1. The molecule has 1 amide bonds. The van der Waals surface area contributed by atoms with Gasteiger partial charge < -0.3 is 10.6 Å². The lowest BCUT2D eigenvalue weighted by molar-refractivity contribution is 0.102. The molecule has 0 atom stereocenters.